The highest BCUT2D eigenvalue weighted by Crippen LogP contribution is 2.47. The fourth-order valence-electron chi connectivity index (χ4n) is 5.15. The molecule has 0 saturated heterocycles. The lowest BCUT2D eigenvalue weighted by Gasteiger charge is -2.32. The molecule has 0 fully saturated rings. The van der Waals surface area contributed by atoms with Crippen molar-refractivity contribution in [2.24, 2.45) is 0 Å². The van der Waals surface area contributed by atoms with Crippen LogP contribution in [0.2, 0.25) is 0 Å². The highest BCUT2D eigenvalue weighted by molar-refractivity contribution is 9.10. The van der Waals surface area contributed by atoms with Crippen LogP contribution < -0.4 is 24.3 Å². The minimum absolute atomic E-state index is 0.0499. The van der Waals surface area contributed by atoms with E-state index in [1.54, 1.807) is 21.3 Å². The quantitative estimate of drug-likeness (QED) is 0.295. The topological polar surface area (TPSA) is 64.7 Å². The van der Waals surface area contributed by atoms with E-state index in [9.17, 15) is 0 Å². The van der Waals surface area contributed by atoms with Crippen LogP contribution in [0.5, 0.6) is 23.0 Å². The maximum atomic E-state index is 5.82. The van der Waals surface area contributed by atoms with E-state index in [0.29, 0.717) is 18.1 Å². The van der Waals surface area contributed by atoms with Gasteiger partial charge < -0.3 is 29.2 Å². The van der Waals surface area contributed by atoms with Crippen molar-refractivity contribution in [1.82, 2.24) is 10.3 Å². The van der Waals surface area contributed by atoms with Crippen molar-refractivity contribution in [3.8, 4) is 23.0 Å². The number of rotatable bonds is 7. The Morgan fingerprint density at radius 1 is 0.914 bits per heavy atom. The second kappa shape index (κ2) is 9.84. The second-order valence-corrected chi connectivity index (χ2v) is 9.30. The third kappa shape index (κ3) is 4.02. The molecule has 5 rings (SSSR count). The Morgan fingerprint density at radius 2 is 1.71 bits per heavy atom. The summed E-state index contributed by atoms with van der Waals surface area (Å²) in [6.45, 7) is 3.26. The Kier molecular flexibility index (Phi) is 6.62. The zero-order chi connectivity index (χ0) is 24.5. The Bertz CT molecular complexity index is 1370. The average molecular weight is 537 g/mol. The molecule has 4 aromatic rings. The van der Waals surface area contributed by atoms with Crippen molar-refractivity contribution < 1.29 is 18.9 Å². The molecule has 0 aliphatic carbocycles. The number of fused-ring (bicyclic) bond motifs is 3. The number of H-pyrrole nitrogens is 1. The molecule has 1 aliphatic rings. The van der Waals surface area contributed by atoms with Crippen LogP contribution in [0.1, 0.15) is 41.3 Å². The summed E-state index contributed by atoms with van der Waals surface area (Å²) in [6, 6.07) is 18.6. The Balaban J connectivity index is 1.69. The van der Waals surface area contributed by atoms with Gasteiger partial charge in [-0.3, -0.25) is 0 Å². The monoisotopic (exact) mass is 536 g/mol. The molecule has 3 aromatic carbocycles. The number of nitrogens with one attached hydrogen (secondary N) is 2. The summed E-state index contributed by atoms with van der Waals surface area (Å²) in [7, 11) is 5.03. The molecular weight excluding hydrogens is 508 g/mol. The molecule has 2 atom stereocenters. The van der Waals surface area contributed by atoms with Crippen molar-refractivity contribution in [1.29, 1.82) is 0 Å². The van der Waals surface area contributed by atoms with Gasteiger partial charge in [0.1, 0.15) is 0 Å². The normalized spacial score (nSPS) is 17.2. The number of methoxy groups -OCH3 is 3. The first kappa shape index (κ1) is 23.6. The minimum Gasteiger partial charge on any atom is -0.493 e. The second-order valence-electron chi connectivity index (χ2n) is 8.44. The molecular formula is C28H29BrN2O4. The Morgan fingerprint density at radius 3 is 2.46 bits per heavy atom. The van der Waals surface area contributed by atoms with E-state index in [0.717, 1.165) is 44.9 Å². The molecule has 1 aromatic heterocycles. The summed E-state index contributed by atoms with van der Waals surface area (Å²) in [6.07, 6.45) is 0. The standard InChI is InChI=1S/C28H29BrN2O4/c1-5-35-28-20(29)13-16(14-23(28)33-3)25-26-24(18-9-6-7-11-21(18)31-26)19(15-30-25)17-10-8-12-22(32-2)27(17)34-4/h6-14,19,25,30-31H,5,15H2,1-4H3/t19-,25+/m1/s1. The number of halogens is 1. The summed E-state index contributed by atoms with van der Waals surface area (Å²) >= 11 is 3.69. The minimum atomic E-state index is -0.0499. The third-order valence-corrected chi connectivity index (χ3v) is 7.21. The van der Waals surface area contributed by atoms with Crippen molar-refractivity contribution in [2.75, 3.05) is 34.5 Å². The fourth-order valence-corrected chi connectivity index (χ4v) is 5.73. The number of para-hydroxylation sites is 2. The van der Waals surface area contributed by atoms with Gasteiger partial charge in [-0.25, -0.2) is 0 Å². The van der Waals surface area contributed by atoms with Crippen LogP contribution in [-0.2, 0) is 0 Å². The molecule has 0 radical (unpaired) electrons. The molecule has 0 unspecified atom stereocenters. The lowest BCUT2D eigenvalue weighted by atomic mass is 9.82. The van der Waals surface area contributed by atoms with Crippen molar-refractivity contribution >= 4 is 26.8 Å². The zero-order valence-corrected chi connectivity index (χ0v) is 21.9. The van der Waals surface area contributed by atoms with E-state index in [2.05, 4.69) is 68.7 Å². The highest BCUT2D eigenvalue weighted by atomic mass is 79.9. The average Bonchev–Trinajstić information content (AvgIpc) is 3.28. The van der Waals surface area contributed by atoms with Gasteiger partial charge in [-0.05, 0) is 58.2 Å². The summed E-state index contributed by atoms with van der Waals surface area (Å²) in [4.78, 5) is 3.71. The van der Waals surface area contributed by atoms with Gasteiger partial charge in [0.25, 0.3) is 0 Å². The number of aromatic nitrogens is 1. The molecule has 0 bridgehead atoms. The first-order valence-electron chi connectivity index (χ1n) is 11.7. The van der Waals surface area contributed by atoms with Crippen LogP contribution in [0.4, 0.5) is 0 Å². The maximum Gasteiger partial charge on any atom is 0.175 e. The summed E-state index contributed by atoms with van der Waals surface area (Å²) in [5, 5.41) is 4.98. The molecule has 6 nitrogen and oxygen atoms in total. The third-order valence-electron chi connectivity index (χ3n) is 6.62. The van der Waals surface area contributed by atoms with Crippen LogP contribution in [0.3, 0.4) is 0 Å². The molecule has 0 spiro atoms. The summed E-state index contributed by atoms with van der Waals surface area (Å²) in [5.74, 6) is 2.99. The van der Waals surface area contributed by atoms with E-state index in [1.165, 1.54) is 10.9 Å². The van der Waals surface area contributed by atoms with Crippen LogP contribution in [0.25, 0.3) is 10.9 Å². The van der Waals surface area contributed by atoms with Crippen LogP contribution in [-0.4, -0.2) is 39.5 Å². The molecule has 1 aliphatic heterocycles. The predicted octanol–water partition coefficient (Wildman–Crippen LogP) is 6.18. The lowest BCUT2D eigenvalue weighted by molar-refractivity contribution is 0.308. The molecule has 2 heterocycles. The predicted molar refractivity (Wildman–Crippen MR) is 141 cm³/mol. The lowest BCUT2D eigenvalue weighted by Crippen LogP contribution is -2.34. The molecule has 182 valence electrons. The van der Waals surface area contributed by atoms with Gasteiger partial charge in [0.15, 0.2) is 23.0 Å². The van der Waals surface area contributed by atoms with E-state index >= 15 is 0 Å². The number of hydrogen-bond acceptors (Lipinski definition) is 5. The fraction of sp³-hybridized carbons (Fsp3) is 0.286. The molecule has 0 saturated carbocycles. The summed E-state index contributed by atoms with van der Waals surface area (Å²) < 4.78 is 23.8. The van der Waals surface area contributed by atoms with Gasteiger partial charge in [0.2, 0.25) is 0 Å². The molecule has 7 heteroatoms. The van der Waals surface area contributed by atoms with Crippen molar-refractivity contribution in [3.63, 3.8) is 0 Å². The van der Waals surface area contributed by atoms with Crippen molar-refractivity contribution in [3.05, 3.63) is 81.5 Å². The van der Waals surface area contributed by atoms with Crippen LogP contribution in [0.15, 0.2) is 59.1 Å². The summed E-state index contributed by atoms with van der Waals surface area (Å²) in [5.41, 5.74) is 5.68. The molecule has 2 N–H and O–H groups in total. The van der Waals surface area contributed by atoms with Gasteiger partial charge in [-0.2, -0.15) is 0 Å². The number of aromatic amines is 1. The Labute approximate surface area is 213 Å². The van der Waals surface area contributed by atoms with E-state index in [1.807, 2.05) is 19.1 Å². The Hall–Kier alpha value is -3.16. The highest BCUT2D eigenvalue weighted by Gasteiger charge is 2.35. The van der Waals surface area contributed by atoms with E-state index < -0.39 is 0 Å². The van der Waals surface area contributed by atoms with Gasteiger partial charge in [-0.1, -0.05) is 30.3 Å². The maximum absolute atomic E-state index is 5.82. The zero-order valence-electron chi connectivity index (χ0n) is 20.3. The van der Waals surface area contributed by atoms with Crippen LogP contribution in [0, 0.1) is 0 Å². The number of ether oxygens (including phenoxy) is 4. The van der Waals surface area contributed by atoms with E-state index in [-0.39, 0.29) is 12.0 Å². The smallest absolute Gasteiger partial charge is 0.175 e. The van der Waals surface area contributed by atoms with Gasteiger partial charge >= 0.3 is 0 Å². The largest absolute Gasteiger partial charge is 0.493 e. The van der Waals surface area contributed by atoms with Gasteiger partial charge in [0.05, 0.1) is 38.5 Å². The van der Waals surface area contributed by atoms with E-state index in [4.69, 9.17) is 18.9 Å². The first-order valence-corrected chi connectivity index (χ1v) is 12.5. The first-order chi connectivity index (χ1) is 17.1. The molecule has 0 amide bonds. The number of hydrogen-bond donors (Lipinski definition) is 2. The van der Waals surface area contributed by atoms with Gasteiger partial charge in [-0.15, -0.1) is 0 Å². The van der Waals surface area contributed by atoms with Crippen molar-refractivity contribution in [2.45, 2.75) is 18.9 Å². The number of benzene rings is 3. The molecule has 35 heavy (non-hydrogen) atoms. The SMILES string of the molecule is CCOc1c(Br)cc([C@@H]2NC[C@H](c3cccc(OC)c3OC)c3c2[nH]c2ccccc32)cc1OC. The van der Waals surface area contributed by atoms with Gasteiger partial charge in [0, 0.05) is 34.6 Å². The van der Waals surface area contributed by atoms with Crippen LogP contribution >= 0.6 is 15.9 Å².